The third kappa shape index (κ3) is 5.22. The maximum Gasteiger partial charge on any atom is 0.227 e. The average molecular weight is 563 g/mol. The smallest absolute Gasteiger partial charge is 0.227 e. The van der Waals surface area contributed by atoms with E-state index in [4.69, 9.17) is 20.1 Å². The molecule has 42 heavy (non-hydrogen) atoms. The quantitative estimate of drug-likeness (QED) is 0.165. The lowest BCUT2D eigenvalue weighted by Gasteiger charge is -2.31. The van der Waals surface area contributed by atoms with Gasteiger partial charge in [0.25, 0.3) is 0 Å². The number of halogens is 1. The van der Waals surface area contributed by atoms with Gasteiger partial charge in [0.1, 0.15) is 17.6 Å². The summed E-state index contributed by atoms with van der Waals surface area (Å²) in [6, 6.07) is 20.5. The summed E-state index contributed by atoms with van der Waals surface area (Å²) in [6.45, 7) is 15.5. The number of nitrogens with zero attached hydrogens (tertiary/aromatic N) is 3. The minimum atomic E-state index is -1.16. The molecule has 5 aromatic rings. The van der Waals surface area contributed by atoms with Gasteiger partial charge in [-0.25, -0.2) is 19.4 Å². The number of alkyl halides is 1. The van der Waals surface area contributed by atoms with Gasteiger partial charge >= 0.3 is 0 Å². The molecule has 0 spiro atoms. The normalized spacial score (nSPS) is 13.9. The summed E-state index contributed by atoms with van der Waals surface area (Å²) in [5.41, 5.74) is 14.3. The highest BCUT2D eigenvalue weighted by Crippen LogP contribution is 2.42. The van der Waals surface area contributed by atoms with Gasteiger partial charge in [0.05, 0.1) is 5.69 Å². The number of fused-ring (bicyclic) bond motifs is 3. The Morgan fingerprint density at radius 1 is 0.905 bits per heavy atom. The van der Waals surface area contributed by atoms with Crippen molar-refractivity contribution < 1.29 is 8.81 Å². The van der Waals surface area contributed by atoms with Gasteiger partial charge in [-0.2, -0.15) is 0 Å². The Labute approximate surface area is 247 Å². The molecule has 0 amide bonds. The van der Waals surface area contributed by atoms with Crippen LogP contribution in [0.15, 0.2) is 81.3 Å². The number of furan rings is 1. The highest BCUT2D eigenvalue weighted by molar-refractivity contribution is 6.14. The van der Waals surface area contributed by atoms with Gasteiger partial charge in [-0.15, -0.1) is 0 Å². The fraction of sp³-hybridized carbons (Fsp3) is 0.306. The van der Waals surface area contributed by atoms with E-state index in [1.165, 1.54) is 0 Å². The van der Waals surface area contributed by atoms with Crippen LogP contribution < -0.4 is 5.73 Å². The van der Waals surface area contributed by atoms with Crippen LogP contribution in [0, 0.1) is 26.7 Å². The summed E-state index contributed by atoms with van der Waals surface area (Å²) in [4.78, 5) is 14.6. The lowest BCUT2D eigenvalue weighted by molar-refractivity contribution is 0.236. The summed E-state index contributed by atoms with van der Waals surface area (Å²) in [5, 5.41) is 1.77. The van der Waals surface area contributed by atoms with E-state index in [0.717, 1.165) is 55.4 Å². The minimum absolute atomic E-state index is 0.00167. The monoisotopic (exact) mass is 562 g/mol. The third-order valence-corrected chi connectivity index (χ3v) is 8.30. The summed E-state index contributed by atoms with van der Waals surface area (Å²) in [6.07, 6.45) is 0.553. The van der Waals surface area contributed by atoms with Crippen molar-refractivity contribution >= 4 is 39.4 Å². The van der Waals surface area contributed by atoms with Gasteiger partial charge in [0.2, 0.25) is 5.71 Å². The summed E-state index contributed by atoms with van der Waals surface area (Å²) < 4.78 is 21.6. The Kier molecular flexibility index (Phi) is 7.76. The Morgan fingerprint density at radius 2 is 1.57 bits per heavy atom. The molecule has 0 saturated heterocycles. The van der Waals surface area contributed by atoms with Crippen molar-refractivity contribution in [3.05, 3.63) is 94.7 Å². The van der Waals surface area contributed by atoms with E-state index in [0.29, 0.717) is 23.0 Å². The zero-order valence-corrected chi connectivity index (χ0v) is 25.7. The number of aryl methyl sites for hydroxylation is 3. The largest absolute Gasteiger partial charge is 0.437 e. The number of rotatable bonds is 6. The predicted molar refractivity (Wildman–Crippen MR) is 174 cm³/mol. The molecule has 0 bridgehead atoms. The molecule has 0 aliphatic carbocycles. The summed E-state index contributed by atoms with van der Waals surface area (Å²) >= 11 is 0. The molecular weight excluding hydrogens is 523 g/mol. The molecular formula is C36H39FN4O. The SMILES string of the molecule is Cc1cc(-c2ccccc2)cc(C)c1N=C(N=C(N)C(C)C)c1cc2c(oc3ncccc32)c(C)c1C(C)(C)[C@@H](C)F. The van der Waals surface area contributed by atoms with Crippen LogP contribution >= 0.6 is 0 Å². The summed E-state index contributed by atoms with van der Waals surface area (Å²) in [7, 11) is 0. The van der Waals surface area contributed by atoms with Crippen molar-refractivity contribution in [2.24, 2.45) is 21.6 Å². The molecule has 0 saturated carbocycles. The van der Waals surface area contributed by atoms with Crippen LogP contribution in [0.3, 0.4) is 0 Å². The second-order valence-corrected chi connectivity index (χ2v) is 12.0. The molecule has 1 atom stereocenters. The van der Waals surface area contributed by atoms with Gasteiger partial charge in [-0.3, -0.25) is 0 Å². The lowest BCUT2D eigenvalue weighted by Crippen LogP contribution is -2.31. The third-order valence-electron chi connectivity index (χ3n) is 8.30. The molecule has 3 aromatic carbocycles. The Morgan fingerprint density at radius 3 is 2.19 bits per heavy atom. The number of hydrogen-bond donors (Lipinski definition) is 1. The Hall–Kier alpha value is -4.32. The molecule has 216 valence electrons. The Bertz CT molecular complexity index is 1820. The molecule has 5 nitrogen and oxygen atoms in total. The predicted octanol–water partition coefficient (Wildman–Crippen LogP) is 9.30. The van der Waals surface area contributed by atoms with E-state index in [-0.39, 0.29) is 5.92 Å². The zero-order valence-electron chi connectivity index (χ0n) is 25.7. The van der Waals surface area contributed by atoms with Gasteiger partial charge in [-0.1, -0.05) is 58.0 Å². The van der Waals surface area contributed by atoms with E-state index in [2.05, 4.69) is 43.1 Å². The topological polar surface area (TPSA) is 76.8 Å². The van der Waals surface area contributed by atoms with Crippen LogP contribution in [0.25, 0.3) is 33.2 Å². The number of amidine groups is 2. The maximum atomic E-state index is 15.4. The number of pyridine rings is 1. The number of aliphatic imine (C=N–C) groups is 2. The van der Waals surface area contributed by atoms with E-state index in [1.54, 1.807) is 13.1 Å². The van der Waals surface area contributed by atoms with Crippen LogP contribution in [0.5, 0.6) is 0 Å². The van der Waals surface area contributed by atoms with Crippen LogP contribution in [-0.2, 0) is 5.41 Å². The van der Waals surface area contributed by atoms with E-state index >= 15 is 4.39 Å². The first-order chi connectivity index (χ1) is 19.9. The average Bonchev–Trinajstić information content (AvgIpc) is 3.33. The van der Waals surface area contributed by atoms with Crippen molar-refractivity contribution in [1.29, 1.82) is 0 Å². The first-order valence-corrected chi connectivity index (χ1v) is 14.4. The van der Waals surface area contributed by atoms with E-state index in [1.807, 2.05) is 71.0 Å². The van der Waals surface area contributed by atoms with Crippen molar-refractivity contribution in [1.82, 2.24) is 4.98 Å². The summed E-state index contributed by atoms with van der Waals surface area (Å²) in [5.74, 6) is 0.906. The molecule has 0 fully saturated rings. The molecule has 0 aliphatic rings. The Balaban J connectivity index is 1.85. The number of benzene rings is 3. The molecule has 2 N–H and O–H groups in total. The zero-order chi connectivity index (χ0) is 30.3. The van der Waals surface area contributed by atoms with Crippen LogP contribution in [0.1, 0.15) is 62.4 Å². The molecule has 0 aliphatic heterocycles. The second kappa shape index (κ2) is 11.2. The van der Waals surface area contributed by atoms with Gasteiger partial charge in [0.15, 0.2) is 5.84 Å². The van der Waals surface area contributed by atoms with Gasteiger partial charge in [-0.05, 0) is 91.4 Å². The molecule has 0 unspecified atom stereocenters. The maximum absolute atomic E-state index is 15.4. The highest BCUT2D eigenvalue weighted by Gasteiger charge is 2.35. The standard InChI is InChI=1S/C36H39FN4O/c1-20(2)33(38)41-34(40-31-21(3)17-26(18-22(31)4)25-13-10-9-11-14-25)29-19-28-27-15-12-16-39-35(27)42-32(28)23(5)30(29)36(7,8)24(6)37/h9-20,24H,1-8H3,(H2,38,40,41)/t24-/m1/s1. The molecule has 0 radical (unpaired) electrons. The lowest BCUT2D eigenvalue weighted by atomic mass is 9.75. The van der Waals surface area contributed by atoms with Gasteiger partial charge < -0.3 is 10.2 Å². The fourth-order valence-corrected chi connectivity index (χ4v) is 5.54. The molecule has 5 rings (SSSR count). The van der Waals surface area contributed by atoms with Gasteiger partial charge in [0, 0.05) is 33.9 Å². The van der Waals surface area contributed by atoms with Crippen molar-refractivity contribution in [2.45, 2.75) is 67.0 Å². The molecule has 2 aromatic heterocycles. The van der Waals surface area contributed by atoms with Crippen molar-refractivity contribution in [2.75, 3.05) is 0 Å². The molecule has 2 heterocycles. The first-order valence-electron chi connectivity index (χ1n) is 14.4. The van der Waals surface area contributed by atoms with Crippen molar-refractivity contribution in [3.63, 3.8) is 0 Å². The number of aromatic nitrogens is 1. The van der Waals surface area contributed by atoms with Crippen molar-refractivity contribution in [3.8, 4) is 11.1 Å². The van der Waals surface area contributed by atoms with E-state index in [9.17, 15) is 0 Å². The minimum Gasteiger partial charge on any atom is -0.437 e. The van der Waals surface area contributed by atoms with Crippen LogP contribution in [0.4, 0.5) is 10.1 Å². The first kappa shape index (κ1) is 29.2. The van der Waals surface area contributed by atoms with Crippen LogP contribution in [0.2, 0.25) is 0 Å². The highest BCUT2D eigenvalue weighted by atomic mass is 19.1. The van der Waals surface area contributed by atoms with Crippen LogP contribution in [-0.4, -0.2) is 22.8 Å². The molecule has 6 heteroatoms. The second-order valence-electron chi connectivity index (χ2n) is 12.0. The number of hydrogen-bond acceptors (Lipinski definition) is 3. The number of nitrogens with two attached hydrogens (primary N) is 1. The fourth-order valence-electron chi connectivity index (χ4n) is 5.54. The van der Waals surface area contributed by atoms with E-state index < -0.39 is 11.6 Å².